The second-order valence-corrected chi connectivity index (χ2v) is 7.57. The van der Waals surface area contributed by atoms with E-state index in [4.69, 9.17) is 14.8 Å². The van der Waals surface area contributed by atoms with E-state index in [-0.39, 0.29) is 6.42 Å². The largest absolute Gasteiger partial charge is 0.481 e. The van der Waals surface area contributed by atoms with E-state index < -0.39 is 5.97 Å². The third kappa shape index (κ3) is 4.89. The summed E-state index contributed by atoms with van der Waals surface area (Å²) in [5.41, 5.74) is 2.78. The Hall–Kier alpha value is -3.44. The first-order valence-corrected chi connectivity index (χ1v) is 10.1. The van der Waals surface area contributed by atoms with E-state index >= 15 is 0 Å². The standard InChI is InChI=1S/C24H19NO3S/c26-23(27)14-13-18(24-25-21-11-4-5-12-22(21)29-24)15-17-7-6-10-20(16-17)28-19-8-2-1-3-9-19/h1-12,15-16H,13-14H2,(H,26,27). The summed E-state index contributed by atoms with van der Waals surface area (Å²) in [5.74, 6) is 0.677. The van der Waals surface area contributed by atoms with E-state index in [2.05, 4.69) is 0 Å². The van der Waals surface area contributed by atoms with Gasteiger partial charge < -0.3 is 9.84 Å². The molecule has 3 aromatic carbocycles. The fourth-order valence-corrected chi connectivity index (χ4v) is 3.99. The maximum Gasteiger partial charge on any atom is 0.303 e. The van der Waals surface area contributed by atoms with Crippen LogP contribution in [0.5, 0.6) is 11.5 Å². The Bertz CT molecular complexity index is 1130. The van der Waals surface area contributed by atoms with E-state index in [1.54, 1.807) is 11.3 Å². The lowest BCUT2D eigenvalue weighted by molar-refractivity contribution is -0.136. The van der Waals surface area contributed by atoms with Gasteiger partial charge in [0, 0.05) is 6.42 Å². The number of carbonyl (C=O) groups is 1. The zero-order chi connectivity index (χ0) is 20.1. The van der Waals surface area contributed by atoms with Crippen LogP contribution in [0.2, 0.25) is 0 Å². The molecule has 0 fully saturated rings. The third-order valence-electron chi connectivity index (χ3n) is 4.35. The van der Waals surface area contributed by atoms with Crippen molar-refractivity contribution < 1.29 is 14.6 Å². The van der Waals surface area contributed by atoms with Gasteiger partial charge in [-0.3, -0.25) is 4.79 Å². The summed E-state index contributed by atoms with van der Waals surface area (Å²) < 4.78 is 7.00. The quantitative estimate of drug-likeness (QED) is 0.384. The molecule has 5 heteroatoms. The Labute approximate surface area is 172 Å². The van der Waals surface area contributed by atoms with E-state index in [0.717, 1.165) is 37.9 Å². The summed E-state index contributed by atoms with van der Waals surface area (Å²) in [6, 6.07) is 25.3. The van der Waals surface area contributed by atoms with Crippen LogP contribution in [-0.2, 0) is 4.79 Å². The predicted molar refractivity (Wildman–Crippen MR) is 117 cm³/mol. The molecular formula is C24H19NO3S. The van der Waals surface area contributed by atoms with Crippen molar-refractivity contribution in [2.45, 2.75) is 12.8 Å². The van der Waals surface area contributed by atoms with Crippen molar-refractivity contribution in [3.63, 3.8) is 0 Å². The number of nitrogens with zero attached hydrogens (tertiary/aromatic N) is 1. The van der Waals surface area contributed by atoms with Gasteiger partial charge in [0.05, 0.1) is 10.2 Å². The Morgan fingerprint density at radius 1 is 0.931 bits per heavy atom. The number of carboxylic acid groups (broad SMARTS) is 1. The van der Waals surface area contributed by atoms with E-state index in [1.165, 1.54) is 0 Å². The average Bonchev–Trinajstić information content (AvgIpc) is 3.16. The molecular weight excluding hydrogens is 382 g/mol. The third-order valence-corrected chi connectivity index (χ3v) is 5.47. The second-order valence-electron chi connectivity index (χ2n) is 6.54. The van der Waals surface area contributed by atoms with Crippen molar-refractivity contribution in [1.82, 2.24) is 4.98 Å². The van der Waals surface area contributed by atoms with Crippen LogP contribution in [0.1, 0.15) is 23.4 Å². The molecule has 1 aromatic heterocycles. The number of thiazole rings is 1. The SMILES string of the molecule is O=C(O)CCC(=Cc1cccc(Oc2ccccc2)c1)c1nc2ccccc2s1. The van der Waals surface area contributed by atoms with Crippen LogP contribution in [0.4, 0.5) is 0 Å². The molecule has 1 heterocycles. The van der Waals surface area contributed by atoms with Gasteiger partial charge in [-0.25, -0.2) is 4.98 Å². The number of benzene rings is 3. The molecule has 0 amide bonds. The van der Waals surface area contributed by atoms with Crippen LogP contribution in [0, 0.1) is 0 Å². The number of para-hydroxylation sites is 2. The summed E-state index contributed by atoms with van der Waals surface area (Å²) in [6.07, 6.45) is 2.47. The molecule has 4 rings (SSSR count). The molecule has 0 atom stereocenters. The van der Waals surface area contributed by atoms with Gasteiger partial charge in [0.15, 0.2) is 0 Å². The molecule has 29 heavy (non-hydrogen) atoms. The Morgan fingerprint density at radius 2 is 1.69 bits per heavy atom. The smallest absolute Gasteiger partial charge is 0.303 e. The Kier molecular flexibility index (Phi) is 5.68. The first kappa shape index (κ1) is 18.9. The normalized spacial score (nSPS) is 11.5. The van der Waals surface area contributed by atoms with Gasteiger partial charge in [-0.2, -0.15) is 0 Å². The van der Waals surface area contributed by atoms with E-state index in [9.17, 15) is 4.79 Å². The van der Waals surface area contributed by atoms with Crippen LogP contribution in [0.15, 0.2) is 78.9 Å². The van der Waals surface area contributed by atoms with Gasteiger partial charge in [-0.1, -0.05) is 42.5 Å². The predicted octanol–water partition coefficient (Wildman–Crippen LogP) is 6.49. The van der Waals surface area contributed by atoms with Crippen molar-refractivity contribution in [3.8, 4) is 11.5 Å². The minimum Gasteiger partial charge on any atom is -0.481 e. The topological polar surface area (TPSA) is 59.4 Å². The lowest BCUT2D eigenvalue weighted by Gasteiger charge is -2.07. The van der Waals surface area contributed by atoms with Gasteiger partial charge >= 0.3 is 5.97 Å². The highest BCUT2D eigenvalue weighted by atomic mass is 32.1. The molecule has 0 saturated carbocycles. The van der Waals surface area contributed by atoms with Crippen LogP contribution >= 0.6 is 11.3 Å². The van der Waals surface area contributed by atoms with Gasteiger partial charge in [-0.15, -0.1) is 11.3 Å². The number of hydrogen-bond donors (Lipinski definition) is 1. The van der Waals surface area contributed by atoms with Crippen molar-refractivity contribution in [1.29, 1.82) is 0 Å². The summed E-state index contributed by atoms with van der Waals surface area (Å²) >= 11 is 1.58. The number of allylic oxidation sites excluding steroid dienone is 1. The van der Waals surface area contributed by atoms with Crippen molar-refractivity contribution in [2.75, 3.05) is 0 Å². The molecule has 0 radical (unpaired) electrons. The number of aromatic nitrogens is 1. The number of ether oxygens (including phenoxy) is 1. The highest BCUT2D eigenvalue weighted by molar-refractivity contribution is 7.19. The van der Waals surface area contributed by atoms with Crippen molar-refractivity contribution in [2.24, 2.45) is 0 Å². The first-order chi connectivity index (χ1) is 14.2. The molecule has 144 valence electrons. The zero-order valence-electron chi connectivity index (χ0n) is 15.6. The second kappa shape index (κ2) is 8.71. The Morgan fingerprint density at radius 3 is 2.48 bits per heavy atom. The summed E-state index contributed by atoms with van der Waals surface area (Å²) in [7, 11) is 0. The molecule has 4 nitrogen and oxygen atoms in total. The average molecular weight is 401 g/mol. The summed E-state index contributed by atoms with van der Waals surface area (Å²) in [4.78, 5) is 15.9. The van der Waals surface area contributed by atoms with Gasteiger partial charge in [0.2, 0.25) is 0 Å². The molecule has 0 unspecified atom stereocenters. The van der Waals surface area contributed by atoms with Crippen molar-refractivity contribution >= 4 is 39.2 Å². The maximum atomic E-state index is 11.2. The van der Waals surface area contributed by atoms with Gasteiger partial charge in [0.1, 0.15) is 16.5 Å². The lowest BCUT2D eigenvalue weighted by Crippen LogP contribution is -1.95. The lowest BCUT2D eigenvalue weighted by atomic mass is 10.1. The molecule has 0 bridgehead atoms. The molecule has 0 aliphatic rings. The van der Waals surface area contributed by atoms with Crippen LogP contribution < -0.4 is 4.74 Å². The highest BCUT2D eigenvalue weighted by Crippen LogP contribution is 2.32. The number of aliphatic carboxylic acids is 1. The van der Waals surface area contributed by atoms with Gasteiger partial charge in [-0.05, 0) is 60.0 Å². The van der Waals surface area contributed by atoms with E-state index in [1.807, 2.05) is 84.9 Å². The monoisotopic (exact) mass is 401 g/mol. The number of carboxylic acids is 1. The van der Waals surface area contributed by atoms with Crippen LogP contribution in [-0.4, -0.2) is 16.1 Å². The minimum atomic E-state index is -0.821. The van der Waals surface area contributed by atoms with Crippen LogP contribution in [0.25, 0.3) is 21.9 Å². The molecule has 4 aromatic rings. The first-order valence-electron chi connectivity index (χ1n) is 9.29. The van der Waals surface area contributed by atoms with Gasteiger partial charge in [0.25, 0.3) is 0 Å². The number of rotatable bonds is 7. The number of fused-ring (bicyclic) bond motifs is 1. The van der Waals surface area contributed by atoms with Crippen molar-refractivity contribution in [3.05, 3.63) is 89.4 Å². The van der Waals surface area contributed by atoms with Crippen LogP contribution in [0.3, 0.4) is 0 Å². The highest BCUT2D eigenvalue weighted by Gasteiger charge is 2.11. The molecule has 0 saturated heterocycles. The fourth-order valence-electron chi connectivity index (χ4n) is 2.99. The fraction of sp³-hybridized carbons (Fsp3) is 0.0833. The minimum absolute atomic E-state index is 0.0575. The maximum absolute atomic E-state index is 11.2. The molecule has 0 aliphatic heterocycles. The molecule has 1 N–H and O–H groups in total. The van der Waals surface area contributed by atoms with E-state index in [0.29, 0.717) is 6.42 Å². The molecule has 0 spiro atoms. The zero-order valence-corrected chi connectivity index (χ0v) is 16.4. The summed E-state index contributed by atoms with van der Waals surface area (Å²) in [6.45, 7) is 0. The Balaban J connectivity index is 1.66. The summed E-state index contributed by atoms with van der Waals surface area (Å²) in [5, 5.41) is 10.0. The molecule has 0 aliphatic carbocycles. The number of hydrogen-bond acceptors (Lipinski definition) is 4.